The summed E-state index contributed by atoms with van der Waals surface area (Å²) < 4.78 is 39.2. The van der Waals surface area contributed by atoms with E-state index in [1.807, 2.05) is 12.1 Å². The first-order valence-electron chi connectivity index (χ1n) is 8.46. The molecule has 0 aliphatic carbocycles. The standard InChI is InChI=1S/C19H22ClFN2O3S/c1-14(23(27(2,25)26)18-8-4-3-7-17(18)21)19(24)22-13-5-6-15-9-11-16(20)12-10-15/h3-4,7-12,14H,5-6,13H2,1-2H3,(H,22,24)/t14-/m0/s1. The van der Waals surface area contributed by atoms with Crippen LogP contribution in [0.4, 0.5) is 10.1 Å². The Morgan fingerprint density at radius 3 is 2.41 bits per heavy atom. The van der Waals surface area contributed by atoms with Gasteiger partial charge in [-0.25, -0.2) is 12.8 Å². The lowest BCUT2D eigenvalue weighted by Gasteiger charge is -2.28. The van der Waals surface area contributed by atoms with Crippen molar-refractivity contribution >= 4 is 33.2 Å². The Morgan fingerprint density at radius 1 is 1.19 bits per heavy atom. The lowest BCUT2D eigenvalue weighted by atomic mass is 10.1. The average molecular weight is 413 g/mol. The summed E-state index contributed by atoms with van der Waals surface area (Å²) in [6.07, 6.45) is 2.37. The number of carbonyl (C=O) groups excluding carboxylic acids is 1. The minimum atomic E-state index is -3.84. The number of carbonyl (C=O) groups is 1. The van der Waals surface area contributed by atoms with E-state index in [1.165, 1.54) is 25.1 Å². The smallest absolute Gasteiger partial charge is 0.243 e. The molecule has 0 bridgehead atoms. The van der Waals surface area contributed by atoms with Crippen molar-refractivity contribution in [2.24, 2.45) is 0 Å². The maximum Gasteiger partial charge on any atom is 0.243 e. The van der Waals surface area contributed by atoms with Crippen molar-refractivity contribution in [2.75, 3.05) is 17.1 Å². The Morgan fingerprint density at radius 2 is 1.81 bits per heavy atom. The highest BCUT2D eigenvalue weighted by Crippen LogP contribution is 2.24. The number of para-hydroxylation sites is 1. The average Bonchev–Trinajstić information content (AvgIpc) is 2.60. The topological polar surface area (TPSA) is 66.5 Å². The van der Waals surface area contributed by atoms with Crippen LogP contribution in [-0.2, 0) is 21.2 Å². The second kappa shape index (κ2) is 9.19. The van der Waals surface area contributed by atoms with Crippen molar-refractivity contribution in [3.63, 3.8) is 0 Å². The van der Waals surface area contributed by atoms with Crippen molar-refractivity contribution in [1.29, 1.82) is 0 Å². The number of aryl methyl sites for hydroxylation is 1. The van der Waals surface area contributed by atoms with Crippen molar-refractivity contribution < 1.29 is 17.6 Å². The van der Waals surface area contributed by atoms with E-state index >= 15 is 0 Å². The summed E-state index contributed by atoms with van der Waals surface area (Å²) in [4.78, 5) is 12.4. The van der Waals surface area contributed by atoms with Crippen LogP contribution in [0.2, 0.25) is 5.02 Å². The predicted octanol–water partition coefficient (Wildman–Crippen LogP) is 3.38. The molecule has 2 aromatic carbocycles. The van der Waals surface area contributed by atoms with E-state index < -0.39 is 27.8 Å². The Labute approximate surface area is 164 Å². The third-order valence-electron chi connectivity index (χ3n) is 4.03. The van der Waals surface area contributed by atoms with E-state index in [1.54, 1.807) is 12.1 Å². The second-order valence-corrected chi connectivity index (χ2v) is 8.50. The molecule has 0 aliphatic heterocycles. The van der Waals surface area contributed by atoms with Crippen molar-refractivity contribution in [3.05, 3.63) is 64.9 Å². The molecule has 27 heavy (non-hydrogen) atoms. The number of anilines is 1. The fourth-order valence-electron chi connectivity index (χ4n) is 2.71. The van der Waals surface area contributed by atoms with E-state index in [4.69, 9.17) is 11.6 Å². The van der Waals surface area contributed by atoms with Crippen molar-refractivity contribution in [1.82, 2.24) is 5.32 Å². The predicted molar refractivity (Wildman–Crippen MR) is 106 cm³/mol. The van der Waals surface area contributed by atoms with Gasteiger partial charge < -0.3 is 5.32 Å². The third kappa shape index (κ3) is 5.94. The largest absolute Gasteiger partial charge is 0.354 e. The first kappa shape index (κ1) is 21.2. The van der Waals surface area contributed by atoms with Gasteiger partial charge in [0.1, 0.15) is 11.9 Å². The lowest BCUT2D eigenvalue weighted by Crippen LogP contribution is -2.48. The van der Waals surface area contributed by atoms with Gasteiger partial charge in [-0.15, -0.1) is 0 Å². The minimum absolute atomic E-state index is 0.149. The molecule has 146 valence electrons. The van der Waals surface area contributed by atoms with Crippen LogP contribution in [0.3, 0.4) is 0 Å². The van der Waals surface area contributed by atoms with Crippen LogP contribution in [0.15, 0.2) is 48.5 Å². The Kier molecular flexibility index (Phi) is 7.21. The summed E-state index contributed by atoms with van der Waals surface area (Å²) >= 11 is 5.84. The van der Waals surface area contributed by atoms with Gasteiger partial charge in [-0.05, 0) is 49.6 Å². The summed E-state index contributed by atoms with van der Waals surface area (Å²) in [5.74, 6) is -1.19. The van der Waals surface area contributed by atoms with Crippen molar-refractivity contribution in [2.45, 2.75) is 25.8 Å². The minimum Gasteiger partial charge on any atom is -0.354 e. The number of sulfonamides is 1. The van der Waals surface area contributed by atoms with Crippen LogP contribution in [0.1, 0.15) is 18.9 Å². The van der Waals surface area contributed by atoms with Gasteiger partial charge in [0.2, 0.25) is 15.9 Å². The van der Waals surface area contributed by atoms with Gasteiger partial charge in [0, 0.05) is 11.6 Å². The van der Waals surface area contributed by atoms with Crippen LogP contribution in [0.5, 0.6) is 0 Å². The molecule has 5 nitrogen and oxygen atoms in total. The Bertz CT molecular complexity index is 888. The van der Waals surface area contributed by atoms with E-state index in [0.29, 0.717) is 18.0 Å². The van der Waals surface area contributed by atoms with E-state index in [9.17, 15) is 17.6 Å². The summed E-state index contributed by atoms with van der Waals surface area (Å²) in [6, 6.07) is 11.8. The molecule has 8 heteroatoms. The number of halogens is 2. The highest BCUT2D eigenvalue weighted by Gasteiger charge is 2.30. The maximum atomic E-state index is 14.1. The van der Waals surface area contributed by atoms with Crippen LogP contribution < -0.4 is 9.62 Å². The molecule has 0 unspecified atom stereocenters. The molecule has 0 heterocycles. The molecule has 0 saturated carbocycles. The quantitative estimate of drug-likeness (QED) is 0.676. The zero-order valence-electron chi connectivity index (χ0n) is 15.2. The zero-order chi connectivity index (χ0) is 20.0. The molecule has 0 radical (unpaired) electrons. The SMILES string of the molecule is C[C@@H](C(=O)NCCCc1ccc(Cl)cc1)N(c1ccccc1F)S(C)(=O)=O. The highest BCUT2D eigenvalue weighted by molar-refractivity contribution is 7.92. The third-order valence-corrected chi connectivity index (χ3v) is 5.51. The van der Waals surface area contributed by atoms with Gasteiger partial charge in [-0.1, -0.05) is 35.9 Å². The molecule has 2 aromatic rings. The van der Waals surface area contributed by atoms with Crippen molar-refractivity contribution in [3.8, 4) is 0 Å². The summed E-state index contributed by atoms with van der Waals surface area (Å²) in [6.45, 7) is 1.81. The first-order chi connectivity index (χ1) is 12.7. The zero-order valence-corrected chi connectivity index (χ0v) is 16.7. The molecular weight excluding hydrogens is 391 g/mol. The van der Waals surface area contributed by atoms with Crippen LogP contribution in [0, 0.1) is 5.82 Å². The Hall–Kier alpha value is -2.12. The monoisotopic (exact) mass is 412 g/mol. The molecule has 0 spiro atoms. The van der Waals surface area contributed by atoms with Gasteiger partial charge in [0.15, 0.2) is 0 Å². The van der Waals surface area contributed by atoms with Gasteiger partial charge in [0.25, 0.3) is 0 Å². The second-order valence-electron chi connectivity index (χ2n) is 6.21. The maximum absolute atomic E-state index is 14.1. The molecule has 1 atom stereocenters. The number of amides is 1. The molecule has 1 N–H and O–H groups in total. The Balaban J connectivity index is 1.99. The fourth-order valence-corrected chi connectivity index (χ4v) is 4.02. The molecule has 0 aliphatic rings. The van der Waals surface area contributed by atoms with E-state index in [-0.39, 0.29) is 5.69 Å². The van der Waals surface area contributed by atoms with Gasteiger partial charge in [-0.3, -0.25) is 9.10 Å². The summed E-state index contributed by atoms with van der Waals surface area (Å²) in [5, 5.41) is 3.37. The molecular formula is C19H22ClFN2O3S. The molecule has 0 saturated heterocycles. The van der Waals surface area contributed by atoms with Crippen LogP contribution >= 0.6 is 11.6 Å². The fraction of sp³-hybridized carbons (Fsp3) is 0.316. The van der Waals surface area contributed by atoms with Gasteiger partial charge in [-0.2, -0.15) is 0 Å². The number of nitrogens with zero attached hydrogens (tertiary/aromatic N) is 1. The molecule has 0 aromatic heterocycles. The van der Waals surface area contributed by atoms with E-state index in [2.05, 4.69) is 5.32 Å². The summed E-state index contributed by atoms with van der Waals surface area (Å²) in [5.41, 5.74) is 0.939. The number of hydrogen-bond donors (Lipinski definition) is 1. The molecule has 0 fully saturated rings. The van der Waals surface area contributed by atoms with Gasteiger partial charge in [0.05, 0.1) is 11.9 Å². The van der Waals surface area contributed by atoms with Crippen LogP contribution in [0.25, 0.3) is 0 Å². The number of benzene rings is 2. The normalized spacial score (nSPS) is 12.4. The highest BCUT2D eigenvalue weighted by atomic mass is 35.5. The number of hydrogen-bond acceptors (Lipinski definition) is 3. The first-order valence-corrected chi connectivity index (χ1v) is 10.7. The summed E-state index contributed by atoms with van der Waals surface area (Å²) in [7, 11) is -3.84. The molecule has 1 amide bonds. The number of nitrogens with one attached hydrogen (secondary N) is 1. The van der Waals surface area contributed by atoms with Gasteiger partial charge >= 0.3 is 0 Å². The molecule has 2 rings (SSSR count). The lowest BCUT2D eigenvalue weighted by molar-refractivity contribution is -0.121. The van der Waals surface area contributed by atoms with Crippen LogP contribution in [-0.4, -0.2) is 33.2 Å². The van der Waals surface area contributed by atoms with E-state index in [0.717, 1.165) is 28.6 Å². The number of rotatable bonds is 8.